The average Bonchev–Trinajstić information content (AvgIpc) is 3.22. The van der Waals surface area contributed by atoms with Gasteiger partial charge in [-0.2, -0.15) is 9.61 Å². The van der Waals surface area contributed by atoms with Crippen molar-refractivity contribution in [1.82, 2.24) is 14.6 Å². The average molecular weight is 424 g/mol. The van der Waals surface area contributed by atoms with Crippen molar-refractivity contribution >= 4 is 17.3 Å². The Kier molecular flexibility index (Phi) is 6.73. The number of anilines is 2. The van der Waals surface area contributed by atoms with Crippen molar-refractivity contribution in [3.63, 3.8) is 0 Å². The van der Waals surface area contributed by atoms with Gasteiger partial charge in [0.15, 0.2) is 5.65 Å². The standard InChI is InChI=1S/C25H34FN5/c1-4-18-9-11-19(12-10-18)14-27-23-13-24(28-15-20-7-5-6-8-22(20)26)31-25(30-23)21(16-29-31)17(2)3/h5-8,13,16-19,28H,4,9-12,14-15H2,1-3H3,(H,27,30). The van der Waals surface area contributed by atoms with Crippen LogP contribution in [0.3, 0.4) is 0 Å². The first kappa shape index (κ1) is 21.6. The van der Waals surface area contributed by atoms with E-state index in [1.807, 2.05) is 22.8 Å². The van der Waals surface area contributed by atoms with Crippen LogP contribution in [-0.2, 0) is 6.54 Å². The van der Waals surface area contributed by atoms with Gasteiger partial charge >= 0.3 is 0 Å². The summed E-state index contributed by atoms with van der Waals surface area (Å²) in [5.41, 5.74) is 2.60. The highest BCUT2D eigenvalue weighted by Crippen LogP contribution is 2.31. The first-order chi connectivity index (χ1) is 15.0. The van der Waals surface area contributed by atoms with Gasteiger partial charge in [0.05, 0.1) is 6.20 Å². The number of rotatable bonds is 8. The van der Waals surface area contributed by atoms with E-state index < -0.39 is 0 Å². The van der Waals surface area contributed by atoms with Crippen molar-refractivity contribution in [2.45, 2.75) is 65.3 Å². The second-order valence-electron chi connectivity index (χ2n) is 9.14. The van der Waals surface area contributed by atoms with E-state index in [0.29, 0.717) is 23.9 Å². The summed E-state index contributed by atoms with van der Waals surface area (Å²) >= 11 is 0. The van der Waals surface area contributed by atoms with Crippen LogP contribution in [0.4, 0.5) is 16.0 Å². The topological polar surface area (TPSA) is 54.2 Å². The van der Waals surface area contributed by atoms with Crippen LogP contribution in [0, 0.1) is 17.7 Å². The summed E-state index contributed by atoms with van der Waals surface area (Å²) < 4.78 is 15.9. The van der Waals surface area contributed by atoms with Crippen LogP contribution in [0.15, 0.2) is 36.5 Å². The zero-order valence-corrected chi connectivity index (χ0v) is 18.9. The van der Waals surface area contributed by atoms with Gasteiger partial charge in [0.1, 0.15) is 17.5 Å². The quantitative estimate of drug-likeness (QED) is 0.451. The SMILES string of the molecule is CCC1CCC(CNc2cc(NCc3ccccc3F)n3ncc(C(C)C)c3n2)CC1. The molecule has 1 fully saturated rings. The zero-order chi connectivity index (χ0) is 21.8. The Labute approximate surface area is 184 Å². The molecule has 2 aromatic heterocycles. The highest BCUT2D eigenvalue weighted by molar-refractivity contribution is 5.61. The first-order valence-electron chi connectivity index (χ1n) is 11.6. The van der Waals surface area contributed by atoms with E-state index >= 15 is 0 Å². The number of hydrogen-bond acceptors (Lipinski definition) is 4. The Morgan fingerprint density at radius 3 is 2.55 bits per heavy atom. The van der Waals surface area contributed by atoms with Crippen LogP contribution >= 0.6 is 0 Å². The minimum Gasteiger partial charge on any atom is -0.370 e. The lowest BCUT2D eigenvalue weighted by Gasteiger charge is -2.28. The van der Waals surface area contributed by atoms with Gasteiger partial charge in [-0.25, -0.2) is 9.37 Å². The van der Waals surface area contributed by atoms with Crippen molar-refractivity contribution in [2.75, 3.05) is 17.2 Å². The fourth-order valence-electron chi connectivity index (χ4n) is 4.52. The predicted molar refractivity (Wildman–Crippen MR) is 125 cm³/mol. The molecule has 0 aliphatic heterocycles. The minimum absolute atomic E-state index is 0.204. The Morgan fingerprint density at radius 2 is 1.84 bits per heavy atom. The van der Waals surface area contributed by atoms with Gasteiger partial charge < -0.3 is 10.6 Å². The second kappa shape index (κ2) is 9.67. The largest absolute Gasteiger partial charge is 0.370 e. The van der Waals surface area contributed by atoms with Gasteiger partial charge in [-0.05, 0) is 36.7 Å². The smallest absolute Gasteiger partial charge is 0.163 e. The molecule has 3 aromatic rings. The van der Waals surface area contributed by atoms with Gasteiger partial charge in [-0.3, -0.25) is 0 Å². The Hall–Kier alpha value is -2.63. The molecule has 31 heavy (non-hydrogen) atoms. The molecule has 0 radical (unpaired) electrons. The van der Waals surface area contributed by atoms with E-state index in [9.17, 15) is 4.39 Å². The van der Waals surface area contributed by atoms with Crippen LogP contribution < -0.4 is 10.6 Å². The van der Waals surface area contributed by atoms with Crippen molar-refractivity contribution < 1.29 is 4.39 Å². The summed E-state index contributed by atoms with van der Waals surface area (Å²) in [6, 6.07) is 8.84. The van der Waals surface area contributed by atoms with E-state index in [4.69, 9.17) is 4.98 Å². The molecule has 2 heterocycles. The van der Waals surface area contributed by atoms with Crippen molar-refractivity contribution in [3.05, 3.63) is 53.5 Å². The maximum Gasteiger partial charge on any atom is 0.163 e. The third-order valence-corrected chi connectivity index (χ3v) is 6.65. The molecule has 0 unspecified atom stereocenters. The van der Waals surface area contributed by atoms with Gasteiger partial charge in [0, 0.05) is 30.3 Å². The molecule has 1 saturated carbocycles. The highest BCUT2D eigenvalue weighted by Gasteiger charge is 2.20. The Morgan fingerprint density at radius 1 is 1.10 bits per heavy atom. The van der Waals surface area contributed by atoms with E-state index in [0.717, 1.165) is 35.3 Å². The molecule has 0 amide bonds. The van der Waals surface area contributed by atoms with Crippen molar-refractivity contribution in [1.29, 1.82) is 0 Å². The summed E-state index contributed by atoms with van der Waals surface area (Å²) in [5.74, 6) is 3.39. The third-order valence-electron chi connectivity index (χ3n) is 6.65. The molecule has 4 rings (SSSR count). The van der Waals surface area contributed by atoms with Gasteiger partial charge in [0.25, 0.3) is 0 Å². The third kappa shape index (κ3) is 5.00. The monoisotopic (exact) mass is 423 g/mol. The molecule has 2 N–H and O–H groups in total. The summed E-state index contributed by atoms with van der Waals surface area (Å²) in [6.45, 7) is 7.94. The van der Waals surface area contributed by atoms with E-state index in [2.05, 4.69) is 36.5 Å². The fourth-order valence-corrected chi connectivity index (χ4v) is 4.52. The van der Waals surface area contributed by atoms with Crippen LogP contribution in [0.1, 0.15) is 69.9 Å². The lowest BCUT2D eigenvalue weighted by Crippen LogP contribution is -2.21. The summed E-state index contributed by atoms with van der Waals surface area (Å²) in [5, 5.41) is 11.5. The number of nitrogens with one attached hydrogen (secondary N) is 2. The second-order valence-corrected chi connectivity index (χ2v) is 9.14. The first-order valence-corrected chi connectivity index (χ1v) is 11.6. The zero-order valence-electron chi connectivity index (χ0n) is 18.9. The van der Waals surface area contributed by atoms with Crippen LogP contribution in [0.5, 0.6) is 0 Å². The molecular formula is C25H34FN5. The summed E-state index contributed by atoms with van der Waals surface area (Å²) in [4.78, 5) is 4.88. The van der Waals surface area contributed by atoms with E-state index in [-0.39, 0.29) is 5.82 Å². The van der Waals surface area contributed by atoms with Crippen LogP contribution in [0.25, 0.3) is 5.65 Å². The molecule has 0 atom stereocenters. The molecule has 6 heteroatoms. The number of nitrogens with zero attached hydrogens (tertiary/aromatic N) is 3. The van der Waals surface area contributed by atoms with Crippen LogP contribution in [0.2, 0.25) is 0 Å². The highest BCUT2D eigenvalue weighted by atomic mass is 19.1. The van der Waals surface area contributed by atoms with Crippen LogP contribution in [-0.4, -0.2) is 21.1 Å². The molecule has 1 aliphatic carbocycles. The molecule has 5 nitrogen and oxygen atoms in total. The van der Waals surface area contributed by atoms with Gasteiger partial charge in [-0.1, -0.05) is 58.2 Å². The molecule has 166 valence electrons. The maximum atomic E-state index is 14.1. The maximum absolute atomic E-state index is 14.1. The van der Waals surface area contributed by atoms with Crippen molar-refractivity contribution in [3.8, 4) is 0 Å². The van der Waals surface area contributed by atoms with E-state index in [1.54, 1.807) is 12.1 Å². The Balaban J connectivity index is 1.54. The van der Waals surface area contributed by atoms with Gasteiger partial charge in [0.2, 0.25) is 0 Å². The number of fused-ring (bicyclic) bond motifs is 1. The molecule has 0 saturated heterocycles. The van der Waals surface area contributed by atoms with Crippen molar-refractivity contribution in [2.24, 2.45) is 11.8 Å². The number of hydrogen-bond donors (Lipinski definition) is 2. The predicted octanol–water partition coefficient (Wildman–Crippen LogP) is 6.23. The molecule has 1 aliphatic rings. The lowest BCUT2D eigenvalue weighted by atomic mass is 9.81. The normalized spacial score (nSPS) is 19.1. The lowest BCUT2D eigenvalue weighted by molar-refractivity contribution is 0.278. The molecule has 1 aromatic carbocycles. The number of halogens is 1. The Bertz CT molecular complexity index is 1000. The number of benzene rings is 1. The molecule has 0 spiro atoms. The molecule has 0 bridgehead atoms. The summed E-state index contributed by atoms with van der Waals surface area (Å²) in [7, 11) is 0. The van der Waals surface area contributed by atoms with Gasteiger partial charge in [-0.15, -0.1) is 0 Å². The van der Waals surface area contributed by atoms with E-state index in [1.165, 1.54) is 38.2 Å². The summed E-state index contributed by atoms with van der Waals surface area (Å²) in [6.07, 6.45) is 8.44. The number of aromatic nitrogens is 3. The fraction of sp³-hybridized carbons (Fsp3) is 0.520. The molecular weight excluding hydrogens is 389 g/mol. The minimum atomic E-state index is -0.204.